The summed E-state index contributed by atoms with van der Waals surface area (Å²) in [6.07, 6.45) is 1.53. The van der Waals surface area contributed by atoms with Crippen molar-refractivity contribution in [2.24, 2.45) is 0 Å². The fraction of sp³-hybridized carbons (Fsp3) is 0.500. The van der Waals surface area contributed by atoms with E-state index in [1.54, 1.807) is 24.3 Å². The lowest BCUT2D eigenvalue weighted by atomic mass is 10.1. The number of benzene rings is 1. The van der Waals surface area contributed by atoms with Gasteiger partial charge in [-0.3, -0.25) is 4.79 Å². The van der Waals surface area contributed by atoms with Crippen LogP contribution in [0.5, 0.6) is 0 Å². The van der Waals surface area contributed by atoms with E-state index in [0.29, 0.717) is 18.8 Å². The van der Waals surface area contributed by atoms with Gasteiger partial charge in [-0.05, 0) is 45.4 Å². The third-order valence-electron chi connectivity index (χ3n) is 4.65. The topological polar surface area (TPSA) is 84.3 Å². The molecule has 1 aromatic heterocycles. The predicted molar refractivity (Wildman–Crippen MR) is 117 cm³/mol. The van der Waals surface area contributed by atoms with Crippen molar-refractivity contribution in [3.05, 3.63) is 51.4 Å². The second-order valence-corrected chi connectivity index (χ2v) is 10.1. The van der Waals surface area contributed by atoms with Crippen molar-refractivity contribution >= 4 is 27.3 Å². The quantitative estimate of drug-likeness (QED) is 0.706. The van der Waals surface area contributed by atoms with Crippen molar-refractivity contribution in [2.75, 3.05) is 18.4 Å². The van der Waals surface area contributed by atoms with E-state index in [9.17, 15) is 13.2 Å². The highest BCUT2D eigenvalue weighted by atomic mass is 35.5. The molecule has 1 N–H and O–H groups in total. The summed E-state index contributed by atoms with van der Waals surface area (Å²) in [5.41, 5.74) is 0.456. The van der Waals surface area contributed by atoms with Crippen LogP contribution < -0.4 is 10.9 Å². The molecule has 0 radical (unpaired) electrons. The summed E-state index contributed by atoms with van der Waals surface area (Å²) in [6, 6.07) is 6.50. The molecule has 0 aliphatic heterocycles. The third kappa shape index (κ3) is 4.99. The molecule has 2 rings (SSSR count). The minimum atomic E-state index is -3.50. The summed E-state index contributed by atoms with van der Waals surface area (Å²) in [5, 5.41) is 7.47. The molecule has 1 aromatic carbocycles. The second-order valence-electron chi connectivity index (χ2n) is 7.78. The Morgan fingerprint density at radius 2 is 1.72 bits per heavy atom. The number of nitrogens with one attached hydrogen (secondary N) is 1. The van der Waals surface area contributed by atoms with Gasteiger partial charge in [0.05, 0.1) is 22.3 Å². The highest BCUT2D eigenvalue weighted by molar-refractivity contribution is 7.89. The van der Waals surface area contributed by atoms with Gasteiger partial charge in [-0.2, -0.15) is 9.40 Å². The number of sulfonamides is 1. The molecule has 0 amide bonds. The van der Waals surface area contributed by atoms with Crippen molar-refractivity contribution < 1.29 is 8.42 Å². The van der Waals surface area contributed by atoms with Crippen LogP contribution in [0.4, 0.5) is 5.69 Å². The number of halogens is 1. The Labute approximate surface area is 177 Å². The van der Waals surface area contributed by atoms with Crippen LogP contribution in [0.3, 0.4) is 0 Å². The number of anilines is 1. The van der Waals surface area contributed by atoms with Crippen LogP contribution in [0, 0.1) is 0 Å². The molecule has 160 valence electrons. The molecular formula is C20H29ClN4O3S. The Bertz CT molecular complexity index is 1010. The molecule has 0 saturated carbocycles. The second kappa shape index (κ2) is 8.85. The minimum absolute atomic E-state index is 0.0718. The summed E-state index contributed by atoms with van der Waals surface area (Å²) >= 11 is 6.27. The van der Waals surface area contributed by atoms with E-state index in [0.717, 1.165) is 5.56 Å². The van der Waals surface area contributed by atoms with Crippen LogP contribution >= 0.6 is 11.6 Å². The van der Waals surface area contributed by atoms with Gasteiger partial charge in [-0.1, -0.05) is 37.6 Å². The van der Waals surface area contributed by atoms with Gasteiger partial charge in [0, 0.05) is 19.1 Å². The molecule has 9 heteroatoms. The van der Waals surface area contributed by atoms with Crippen LogP contribution in [-0.2, 0) is 15.6 Å². The van der Waals surface area contributed by atoms with Gasteiger partial charge in [0.25, 0.3) is 5.56 Å². The van der Waals surface area contributed by atoms with Gasteiger partial charge < -0.3 is 5.32 Å². The average Bonchev–Trinajstić information content (AvgIpc) is 2.65. The third-order valence-corrected chi connectivity index (χ3v) is 7.08. The van der Waals surface area contributed by atoms with Crippen molar-refractivity contribution in [1.82, 2.24) is 14.1 Å². The van der Waals surface area contributed by atoms with Gasteiger partial charge in [-0.25, -0.2) is 13.1 Å². The first-order valence-corrected chi connectivity index (χ1v) is 11.4. The zero-order valence-electron chi connectivity index (χ0n) is 17.7. The molecule has 1 heterocycles. The van der Waals surface area contributed by atoms with E-state index in [1.165, 1.54) is 15.2 Å². The smallest absolute Gasteiger partial charge is 0.288 e. The molecule has 0 aliphatic rings. The zero-order valence-corrected chi connectivity index (χ0v) is 19.3. The molecule has 0 fully saturated rings. The summed E-state index contributed by atoms with van der Waals surface area (Å²) in [6.45, 7) is 12.0. The molecular weight excluding hydrogens is 412 g/mol. The Kier molecular flexibility index (Phi) is 7.14. The first-order chi connectivity index (χ1) is 13.4. The first-order valence-electron chi connectivity index (χ1n) is 9.58. The summed E-state index contributed by atoms with van der Waals surface area (Å²) in [7, 11) is -3.50. The van der Waals surface area contributed by atoms with Gasteiger partial charge in [0.1, 0.15) is 5.02 Å². The monoisotopic (exact) mass is 440 g/mol. The number of hydrogen-bond acceptors (Lipinski definition) is 5. The standard InChI is InChI=1S/C20H29ClN4O3S/c1-7-24(8-2)29(27,28)16-11-9-15(10-12-16)14(3)23-17-13-22-25(20(4,5)6)19(26)18(17)21/h9-14,23H,7-8H2,1-6H3. The zero-order chi connectivity index (χ0) is 22.0. The minimum Gasteiger partial charge on any atom is -0.376 e. The fourth-order valence-electron chi connectivity index (χ4n) is 2.97. The lowest BCUT2D eigenvalue weighted by Crippen LogP contribution is -2.36. The van der Waals surface area contributed by atoms with E-state index in [-0.39, 0.29) is 21.5 Å². The van der Waals surface area contributed by atoms with E-state index in [2.05, 4.69) is 10.4 Å². The summed E-state index contributed by atoms with van der Waals surface area (Å²) < 4.78 is 28.0. The maximum absolute atomic E-state index is 12.6. The number of hydrogen-bond donors (Lipinski definition) is 1. The summed E-state index contributed by atoms with van der Waals surface area (Å²) in [4.78, 5) is 12.7. The normalized spacial score (nSPS) is 13.5. The van der Waals surface area contributed by atoms with Crippen LogP contribution in [0.1, 0.15) is 53.1 Å². The van der Waals surface area contributed by atoms with Crippen molar-refractivity contribution in [3.63, 3.8) is 0 Å². The maximum Gasteiger partial charge on any atom is 0.288 e. The highest BCUT2D eigenvalue weighted by Crippen LogP contribution is 2.25. The molecule has 0 spiro atoms. The lowest BCUT2D eigenvalue weighted by Gasteiger charge is -2.23. The van der Waals surface area contributed by atoms with Gasteiger partial charge in [0.15, 0.2) is 0 Å². The molecule has 0 saturated heterocycles. The van der Waals surface area contributed by atoms with Crippen LogP contribution in [0.2, 0.25) is 5.02 Å². The van der Waals surface area contributed by atoms with E-state index in [1.807, 2.05) is 41.5 Å². The number of aromatic nitrogens is 2. The molecule has 2 aromatic rings. The SMILES string of the molecule is CCN(CC)S(=O)(=O)c1ccc(C(C)Nc2cnn(C(C)(C)C)c(=O)c2Cl)cc1. The highest BCUT2D eigenvalue weighted by Gasteiger charge is 2.22. The number of rotatable bonds is 7. The van der Waals surface area contributed by atoms with E-state index >= 15 is 0 Å². The molecule has 7 nitrogen and oxygen atoms in total. The Morgan fingerprint density at radius 3 is 2.21 bits per heavy atom. The van der Waals surface area contributed by atoms with Crippen molar-refractivity contribution in [2.45, 2.75) is 58.0 Å². The number of nitrogens with zero attached hydrogens (tertiary/aromatic N) is 3. The first kappa shape index (κ1) is 23.4. The Balaban J connectivity index is 2.26. The maximum atomic E-state index is 12.6. The van der Waals surface area contributed by atoms with Crippen molar-refractivity contribution in [1.29, 1.82) is 0 Å². The largest absolute Gasteiger partial charge is 0.376 e. The van der Waals surface area contributed by atoms with E-state index < -0.39 is 15.6 Å². The fourth-order valence-corrected chi connectivity index (χ4v) is 4.61. The molecule has 29 heavy (non-hydrogen) atoms. The molecule has 1 unspecified atom stereocenters. The lowest BCUT2D eigenvalue weighted by molar-refractivity contribution is 0.338. The van der Waals surface area contributed by atoms with Gasteiger partial charge in [0.2, 0.25) is 10.0 Å². The average molecular weight is 441 g/mol. The Morgan fingerprint density at radius 1 is 1.17 bits per heavy atom. The van der Waals surface area contributed by atoms with Gasteiger partial charge >= 0.3 is 0 Å². The summed E-state index contributed by atoms with van der Waals surface area (Å²) in [5.74, 6) is 0. The van der Waals surface area contributed by atoms with Crippen LogP contribution in [-0.4, -0.2) is 35.6 Å². The molecule has 0 bridgehead atoms. The van der Waals surface area contributed by atoms with Gasteiger partial charge in [-0.15, -0.1) is 0 Å². The van der Waals surface area contributed by atoms with Crippen LogP contribution in [0.15, 0.2) is 40.2 Å². The molecule has 0 aliphatic carbocycles. The predicted octanol–water partition coefficient (Wildman–Crippen LogP) is 3.86. The Hall–Kier alpha value is -1.90. The van der Waals surface area contributed by atoms with E-state index in [4.69, 9.17) is 11.6 Å². The molecule has 1 atom stereocenters. The van der Waals surface area contributed by atoms with Crippen molar-refractivity contribution in [3.8, 4) is 0 Å². The van der Waals surface area contributed by atoms with Crippen LogP contribution in [0.25, 0.3) is 0 Å².